The van der Waals surface area contributed by atoms with Gasteiger partial charge in [0.1, 0.15) is 37.6 Å². The molecule has 16 heteroatoms. The average molecular weight is 1030 g/mol. The predicted molar refractivity (Wildman–Crippen MR) is 256 cm³/mol. The van der Waals surface area contributed by atoms with E-state index in [-0.39, 0.29) is 33.4 Å². The quantitative estimate of drug-likeness (QED) is 0.0510. The lowest BCUT2D eigenvalue weighted by Gasteiger charge is -2.48. The van der Waals surface area contributed by atoms with Crippen molar-refractivity contribution in [3.63, 3.8) is 0 Å². The maximum atomic E-state index is 14.2. The highest BCUT2D eigenvalue weighted by molar-refractivity contribution is 9.09. The molecule has 0 spiro atoms. The smallest absolute Gasteiger partial charge is 0.338 e. The Hall–Kier alpha value is -7.50. The van der Waals surface area contributed by atoms with E-state index in [1.807, 2.05) is 0 Å². The van der Waals surface area contributed by atoms with Crippen molar-refractivity contribution in [2.24, 2.45) is 5.92 Å². The molecule has 2 heterocycles. The van der Waals surface area contributed by atoms with Crippen molar-refractivity contribution < 1.29 is 71.4 Å². The number of benzene rings is 6. The van der Waals surface area contributed by atoms with Crippen LogP contribution in [-0.4, -0.2) is 103 Å². The van der Waals surface area contributed by atoms with Crippen molar-refractivity contribution in [2.45, 2.75) is 61.0 Å². The van der Waals surface area contributed by atoms with Gasteiger partial charge in [0.25, 0.3) is 0 Å². The highest BCUT2D eigenvalue weighted by Crippen LogP contribution is 2.38. The predicted octanol–water partition coefficient (Wildman–Crippen LogP) is 8.47. The highest BCUT2D eigenvalue weighted by Gasteiger charge is 2.56. The standard InChI is InChI=1S/C55H47BrO15/c1-34-41(32-63-49(57)35-20-8-2-9-21-35)66-55(47(70-54(62)40-30-18-7-19-31-40)43(34)67-51(59)37-24-12-4-13-25-37)71-44-42(33-64-50(58)36-22-10-3-11-23-36)65-48(56)46(69-53(61)39-28-16-6-17-29-39)45(44)68-52(60)38-26-14-5-15-27-38/h2-31,34,41-48,55H,32-33H2,1H3. The molecule has 364 valence electrons. The summed E-state index contributed by atoms with van der Waals surface area (Å²) in [5.41, 5.74) is 1.04. The molecule has 0 aromatic heterocycles. The Kier molecular flexibility index (Phi) is 16.8. The molecule has 2 fully saturated rings. The normalized spacial score (nSPS) is 23.7. The Balaban J connectivity index is 1.22. The second-order valence-corrected chi connectivity index (χ2v) is 17.3. The van der Waals surface area contributed by atoms with E-state index in [1.165, 1.54) is 36.4 Å². The van der Waals surface area contributed by atoms with Crippen LogP contribution in [0.2, 0.25) is 0 Å². The zero-order valence-electron chi connectivity index (χ0n) is 38.0. The Bertz CT molecular complexity index is 2730. The van der Waals surface area contributed by atoms with E-state index in [9.17, 15) is 28.8 Å². The summed E-state index contributed by atoms with van der Waals surface area (Å²) < 4.78 is 56.4. The molecule has 10 unspecified atom stereocenters. The van der Waals surface area contributed by atoms with Crippen LogP contribution in [0.4, 0.5) is 0 Å². The molecule has 0 aliphatic carbocycles. The minimum absolute atomic E-state index is 0.120. The molecular weight excluding hydrogens is 980 g/mol. The second kappa shape index (κ2) is 23.9. The molecule has 10 atom stereocenters. The fourth-order valence-corrected chi connectivity index (χ4v) is 8.60. The van der Waals surface area contributed by atoms with E-state index in [0.717, 1.165) is 0 Å². The Morgan fingerprint density at radius 1 is 0.380 bits per heavy atom. The van der Waals surface area contributed by atoms with Crippen molar-refractivity contribution in [1.29, 1.82) is 0 Å². The molecule has 2 saturated heterocycles. The largest absolute Gasteiger partial charge is 0.459 e. The number of hydrogen-bond donors (Lipinski definition) is 0. The zero-order chi connectivity index (χ0) is 49.7. The number of halogens is 1. The van der Waals surface area contributed by atoms with E-state index in [0.29, 0.717) is 0 Å². The SMILES string of the molecule is CC1C(COC(=O)c2ccccc2)OC(OC2C(COC(=O)c3ccccc3)OC(Br)C(OC(=O)c3ccccc3)C2OC(=O)c2ccccc2)C(OC(=O)c2ccccc2)C1OC(=O)c1ccccc1. The summed E-state index contributed by atoms with van der Waals surface area (Å²) in [6.07, 6.45) is -12.0. The fourth-order valence-electron chi connectivity index (χ4n) is 7.91. The number of carbonyl (C=O) groups excluding carboxylic acids is 6. The zero-order valence-corrected chi connectivity index (χ0v) is 39.6. The minimum atomic E-state index is -1.77. The van der Waals surface area contributed by atoms with Crippen LogP contribution in [0, 0.1) is 5.92 Å². The van der Waals surface area contributed by atoms with Gasteiger partial charge in [-0.05, 0) is 72.8 Å². The molecule has 0 N–H and O–H groups in total. The molecule has 6 aromatic rings. The minimum Gasteiger partial charge on any atom is -0.459 e. The van der Waals surface area contributed by atoms with E-state index in [1.54, 1.807) is 153 Å². The maximum Gasteiger partial charge on any atom is 0.338 e. The lowest BCUT2D eigenvalue weighted by Crippen LogP contribution is -2.65. The molecule has 2 aliphatic rings. The molecule has 8 rings (SSSR count). The van der Waals surface area contributed by atoms with Gasteiger partial charge in [0.2, 0.25) is 0 Å². The van der Waals surface area contributed by atoms with Crippen LogP contribution >= 0.6 is 15.9 Å². The first kappa shape index (κ1) is 49.9. The van der Waals surface area contributed by atoms with Gasteiger partial charge in [0.15, 0.2) is 29.6 Å². The van der Waals surface area contributed by atoms with Crippen molar-refractivity contribution in [2.75, 3.05) is 13.2 Å². The van der Waals surface area contributed by atoms with Gasteiger partial charge in [-0.3, -0.25) is 0 Å². The van der Waals surface area contributed by atoms with Gasteiger partial charge in [0, 0.05) is 5.92 Å². The molecule has 0 radical (unpaired) electrons. The topological polar surface area (TPSA) is 185 Å². The number of hydrogen-bond acceptors (Lipinski definition) is 15. The van der Waals surface area contributed by atoms with Gasteiger partial charge in [-0.25, -0.2) is 28.8 Å². The summed E-state index contributed by atoms with van der Waals surface area (Å²) in [5, 5.41) is -1.23. The Morgan fingerprint density at radius 2 is 0.690 bits per heavy atom. The summed E-state index contributed by atoms with van der Waals surface area (Å²) in [6.45, 7) is 0.708. The summed E-state index contributed by atoms with van der Waals surface area (Å²) in [4.78, 5) is 83.1. The van der Waals surface area contributed by atoms with Gasteiger partial charge >= 0.3 is 35.8 Å². The number of carbonyl (C=O) groups is 6. The van der Waals surface area contributed by atoms with Gasteiger partial charge in [-0.15, -0.1) is 0 Å². The van der Waals surface area contributed by atoms with Crippen LogP contribution in [0.3, 0.4) is 0 Å². The first-order valence-corrected chi connectivity index (χ1v) is 23.5. The summed E-state index contributed by atoms with van der Waals surface area (Å²) in [7, 11) is 0. The first-order valence-electron chi connectivity index (χ1n) is 22.6. The van der Waals surface area contributed by atoms with Crippen LogP contribution in [0.15, 0.2) is 182 Å². The average Bonchev–Trinajstić information content (AvgIpc) is 3.42. The fraction of sp³-hybridized carbons (Fsp3) is 0.236. The monoisotopic (exact) mass is 1030 g/mol. The molecule has 2 aliphatic heterocycles. The lowest BCUT2D eigenvalue weighted by molar-refractivity contribution is -0.328. The second-order valence-electron chi connectivity index (χ2n) is 16.4. The van der Waals surface area contributed by atoms with E-state index in [2.05, 4.69) is 15.9 Å². The van der Waals surface area contributed by atoms with Gasteiger partial charge in [0.05, 0.1) is 33.4 Å². The van der Waals surface area contributed by atoms with Crippen molar-refractivity contribution in [3.8, 4) is 0 Å². The maximum absolute atomic E-state index is 14.2. The highest BCUT2D eigenvalue weighted by atomic mass is 79.9. The van der Waals surface area contributed by atoms with Crippen LogP contribution in [0.5, 0.6) is 0 Å². The molecule has 6 aromatic carbocycles. The van der Waals surface area contributed by atoms with Crippen molar-refractivity contribution >= 4 is 51.7 Å². The van der Waals surface area contributed by atoms with Gasteiger partial charge in [-0.2, -0.15) is 0 Å². The Morgan fingerprint density at radius 3 is 1.07 bits per heavy atom. The number of alkyl halides is 1. The molecule has 0 saturated carbocycles. The number of ether oxygens (including phenoxy) is 9. The number of rotatable bonds is 16. The van der Waals surface area contributed by atoms with Crippen LogP contribution in [-0.2, 0) is 42.6 Å². The molecular formula is C55H47BrO15. The molecule has 0 amide bonds. The van der Waals surface area contributed by atoms with Gasteiger partial charge in [-0.1, -0.05) is 132 Å². The van der Waals surface area contributed by atoms with Crippen LogP contribution in [0.25, 0.3) is 0 Å². The van der Waals surface area contributed by atoms with Crippen molar-refractivity contribution in [3.05, 3.63) is 215 Å². The van der Waals surface area contributed by atoms with Crippen molar-refractivity contribution in [1.82, 2.24) is 0 Å². The van der Waals surface area contributed by atoms with Crippen LogP contribution in [0.1, 0.15) is 69.1 Å². The lowest BCUT2D eigenvalue weighted by atomic mass is 9.90. The summed E-state index contributed by atoms with van der Waals surface area (Å²) in [5.74, 6) is -5.62. The third-order valence-electron chi connectivity index (χ3n) is 11.7. The molecule has 71 heavy (non-hydrogen) atoms. The first-order chi connectivity index (χ1) is 34.5. The Labute approximate surface area is 416 Å². The van der Waals surface area contributed by atoms with E-state index < -0.39 is 109 Å². The van der Waals surface area contributed by atoms with Gasteiger partial charge < -0.3 is 42.6 Å². The van der Waals surface area contributed by atoms with E-state index in [4.69, 9.17) is 42.6 Å². The third kappa shape index (κ3) is 12.6. The summed E-state index contributed by atoms with van der Waals surface area (Å²) >= 11 is 3.49. The van der Waals surface area contributed by atoms with Crippen LogP contribution < -0.4 is 0 Å². The summed E-state index contributed by atoms with van der Waals surface area (Å²) in [6, 6.07) is 48.6. The third-order valence-corrected chi connectivity index (χ3v) is 12.4. The number of esters is 6. The molecule has 0 bridgehead atoms. The van der Waals surface area contributed by atoms with E-state index >= 15 is 0 Å². The molecule has 15 nitrogen and oxygen atoms in total.